The smallest absolute Gasteiger partial charge is 0.235 e. The number of hydrogen-bond donors (Lipinski definition) is 0. The maximum absolute atomic E-state index is 12.8. The lowest BCUT2D eigenvalue weighted by atomic mass is 10.1. The third-order valence-corrected chi connectivity index (χ3v) is 7.37. The Bertz CT molecular complexity index is 1400. The summed E-state index contributed by atoms with van der Waals surface area (Å²) in [7, 11) is -3.53. The zero-order valence-corrected chi connectivity index (χ0v) is 18.2. The second kappa shape index (κ2) is 8.34. The van der Waals surface area contributed by atoms with E-state index in [2.05, 4.69) is 15.9 Å². The molecule has 7 nitrogen and oxygen atoms in total. The van der Waals surface area contributed by atoms with Crippen molar-refractivity contribution in [2.24, 2.45) is 0 Å². The second-order valence-electron chi connectivity index (χ2n) is 6.58. The van der Waals surface area contributed by atoms with Crippen LogP contribution in [0.5, 0.6) is 0 Å². The van der Waals surface area contributed by atoms with Crippen molar-refractivity contribution in [2.45, 2.75) is 6.92 Å². The van der Waals surface area contributed by atoms with Crippen LogP contribution in [-0.2, 0) is 10.0 Å². The normalized spacial score (nSPS) is 11.4. The Balaban J connectivity index is 1.81. The van der Waals surface area contributed by atoms with Crippen LogP contribution in [0.1, 0.15) is 22.3 Å². The molecule has 0 N–H and O–H groups in total. The number of fused-ring (bicyclic) bond motifs is 1. The Kier molecular flexibility index (Phi) is 5.59. The molecule has 0 saturated heterocycles. The number of ketones is 1. The maximum atomic E-state index is 12.8. The van der Waals surface area contributed by atoms with Gasteiger partial charge in [-0.1, -0.05) is 24.1 Å². The summed E-state index contributed by atoms with van der Waals surface area (Å²) in [6, 6.07) is 12.4. The first-order valence-electron chi connectivity index (χ1n) is 9.41. The quantitative estimate of drug-likeness (QED) is 0.318. The summed E-state index contributed by atoms with van der Waals surface area (Å²) < 4.78 is 28.0. The first-order chi connectivity index (χ1) is 15.0. The van der Waals surface area contributed by atoms with E-state index in [1.165, 1.54) is 15.6 Å². The minimum atomic E-state index is -3.53. The molecular weight excluding hydrogens is 432 g/mol. The largest absolute Gasteiger partial charge is 0.286 e. The van der Waals surface area contributed by atoms with Gasteiger partial charge in [0, 0.05) is 11.8 Å². The van der Waals surface area contributed by atoms with Crippen molar-refractivity contribution in [3.05, 3.63) is 70.9 Å². The summed E-state index contributed by atoms with van der Waals surface area (Å²) in [6.45, 7) is 1.52. The van der Waals surface area contributed by atoms with Crippen LogP contribution in [0.4, 0.5) is 5.69 Å². The topological polar surface area (TPSA) is 84.6 Å². The number of thiophene rings is 1. The van der Waals surface area contributed by atoms with Gasteiger partial charge in [-0.15, -0.1) is 17.8 Å². The van der Waals surface area contributed by atoms with Gasteiger partial charge in [0.25, 0.3) is 0 Å². The highest BCUT2D eigenvalue weighted by atomic mass is 32.2. The minimum Gasteiger partial charge on any atom is -0.286 e. The number of nitrogens with zero attached hydrogens (tertiary/aromatic N) is 4. The van der Waals surface area contributed by atoms with Gasteiger partial charge in [-0.05, 0) is 36.6 Å². The highest BCUT2D eigenvalue weighted by Gasteiger charge is 2.22. The van der Waals surface area contributed by atoms with Gasteiger partial charge in [-0.2, -0.15) is 0 Å². The average molecular weight is 451 g/mol. The van der Waals surface area contributed by atoms with Gasteiger partial charge in [0.1, 0.15) is 6.33 Å². The SMILES string of the molecule is C#CCN(c1cccc(-c2ccnc3c(C(=O)c4cccs4)ncn23)c1)S(=O)(=O)CC. The number of anilines is 1. The number of benzene rings is 1. The Morgan fingerprint density at radius 1 is 1.23 bits per heavy atom. The molecule has 4 aromatic rings. The second-order valence-corrected chi connectivity index (χ2v) is 9.71. The van der Waals surface area contributed by atoms with E-state index in [-0.39, 0.29) is 23.8 Å². The summed E-state index contributed by atoms with van der Waals surface area (Å²) in [4.78, 5) is 22.0. The number of terminal acetylenes is 1. The Morgan fingerprint density at radius 3 is 2.77 bits per heavy atom. The van der Waals surface area contributed by atoms with E-state index in [9.17, 15) is 13.2 Å². The Labute approximate surface area is 184 Å². The van der Waals surface area contributed by atoms with Gasteiger partial charge in [0.05, 0.1) is 28.6 Å². The molecular formula is C22H18N4O3S2. The molecule has 3 heterocycles. The predicted molar refractivity (Wildman–Crippen MR) is 122 cm³/mol. The molecule has 3 aromatic heterocycles. The van der Waals surface area contributed by atoms with E-state index < -0.39 is 10.0 Å². The van der Waals surface area contributed by atoms with Crippen LogP contribution in [0.2, 0.25) is 0 Å². The molecule has 156 valence electrons. The Morgan fingerprint density at radius 2 is 2.06 bits per heavy atom. The highest BCUT2D eigenvalue weighted by molar-refractivity contribution is 7.92. The van der Waals surface area contributed by atoms with E-state index in [1.807, 2.05) is 17.5 Å². The zero-order chi connectivity index (χ0) is 22.0. The minimum absolute atomic E-state index is 0.0596. The molecule has 0 radical (unpaired) electrons. The lowest BCUT2D eigenvalue weighted by Crippen LogP contribution is -2.32. The molecule has 0 amide bonds. The van der Waals surface area contributed by atoms with Gasteiger partial charge in [0.2, 0.25) is 15.8 Å². The summed E-state index contributed by atoms with van der Waals surface area (Å²) in [6.07, 6.45) is 8.56. The summed E-state index contributed by atoms with van der Waals surface area (Å²) >= 11 is 1.35. The first kappa shape index (κ1) is 20.8. The molecule has 31 heavy (non-hydrogen) atoms. The molecule has 0 saturated carbocycles. The third kappa shape index (κ3) is 3.83. The van der Waals surface area contributed by atoms with Crippen molar-refractivity contribution in [3.8, 4) is 23.6 Å². The van der Waals surface area contributed by atoms with E-state index in [4.69, 9.17) is 6.42 Å². The van der Waals surface area contributed by atoms with Crippen molar-refractivity contribution < 1.29 is 13.2 Å². The number of carbonyl (C=O) groups is 1. The third-order valence-electron chi connectivity index (χ3n) is 4.76. The van der Waals surface area contributed by atoms with Crippen LogP contribution < -0.4 is 4.31 Å². The van der Waals surface area contributed by atoms with Crippen LogP contribution in [-0.4, -0.2) is 40.9 Å². The summed E-state index contributed by atoms with van der Waals surface area (Å²) in [5.41, 5.74) is 2.63. The molecule has 0 unspecified atom stereocenters. The van der Waals surface area contributed by atoms with E-state index >= 15 is 0 Å². The summed E-state index contributed by atoms with van der Waals surface area (Å²) in [5.74, 6) is 2.16. The molecule has 9 heteroatoms. The van der Waals surface area contributed by atoms with Gasteiger partial charge in [-0.3, -0.25) is 13.5 Å². The van der Waals surface area contributed by atoms with Crippen LogP contribution in [0.25, 0.3) is 16.9 Å². The fraction of sp³-hybridized carbons (Fsp3) is 0.136. The highest BCUT2D eigenvalue weighted by Crippen LogP contribution is 2.28. The van der Waals surface area contributed by atoms with E-state index in [1.54, 1.807) is 54.2 Å². The number of imidazole rings is 1. The molecule has 0 aliphatic heterocycles. The van der Waals surface area contributed by atoms with Crippen LogP contribution in [0.15, 0.2) is 60.4 Å². The van der Waals surface area contributed by atoms with Crippen LogP contribution >= 0.6 is 11.3 Å². The first-order valence-corrected chi connectivity index (χ1v) is 11.9. The lowest BCUT2D eigenvalue weighted by molar-refractivity contribution is 0.103. The number of sulfonamides is 1. The van der Waals surface area contributed by atoms with Gasteiger partial charge < -0.3 is 0 Å². The molecule has 0 fully saturated rings. The van der Waals surface area contributed by atoms with Gasteiger partial charge >= 0.3 is 0 Å². The van der Waals surface area contributed by atoms with Gasteiger partial charge in [0.15, 0.2) is 11.3 Å². The number of carbonyl (C=O) groups excluding carboxylic acids is 1. The number of hydrogen-bond acceptors (Lipinski definition) is 6. The molecule has 0 aliphatic carbocycles. The molecule has 1 aromatic carbocycles. The number of aromatic nitrogens is 3. The van der Waals surface area contributed by atoms with Gasteiger partial charge in [-0.25, -0.2) is 18.4 Å². The zero-order valence-electron chi connectivity index (χ0n) is 16.6. The maximum Gasteiger partial charge on any atom is 0.235 e. The fourth-order valence-electron chi connectivity index (χ4n) is 3.23. The molecule has 0 atom stereocenters. The van der Waals surface area contributed by atoms with Crippen molar-refractivity contribution >= 4 is 38.5 Å². The van der Waals surface area contributed by atoms with Crippen molar-refractivity contribution in [1.29, 1.82) is 0 Å². The predicted octanol–water partition coefficient (Wildman–Crippen LogP) is 3.48. The van der Waals surface area contributed by atoms with Crippen molar-refractivity contribution in [1.82, 2.24) is 14.4 Å². The molecule has 0 spiro atoms. The van der Waals surface area contributed by atoms with E-state index in [0.29, 0.717) is 16.2 Å². The Hall–Kier alpha value is -3.48. The average Bonchev–Trinajstić information content (AvgIpc) is 3.47. The van der Waals surface area contributed by atoms with Crippen molar-refractivity contribution in [2.75, 3.05) is 16.6 Å². The lowest BCUT2D eigenvalue weighted by Gasteiger charge is -2.22. The molecule has 4 rings (SSSR count). The monoisotopic (exact) mass is 450 g/mol. The number of rotatable bonds is 7. The summed E-state index contributed by atoms with van der Waals surface area (Å²) in [5, 5.41) is 1.84. The fourth-order valence-corrected chi connectivity index (χ4v) is 4.91. The van der Waals surface area contributed by atoms with Crippen LogP contribution in [0, 0.1) is 12.3 Å². The standard InChI is InChI=1S/C22H18N4O3S2/c1-3-12-26(31(28,29)4-2)17-8-5-7-16(14-17)18-10-11-23-22-20(24-15-25(18)22)21(27)19-9-6-13-30-19/h1,5-11,13-15H,4,12H2,2H3. The van der Waals surface area contributed by atoms with E-state index in [0.717, 1.165) is 11.3 Å². The molecule has 0 aliphatic rings. The molecule has 0 bridgehead atoms. The van der Waals surface area contributed by atoms with Crippen LogP contribution in [0.3, 0.4) is 0 Å². The van der Waals surface area contributed by atoms with Crippen molar-refractivity contribution in [3.63, 3.8) is 0 Å².